The van der Waals surface area contributed by atoms with Gasteiger partial charge in [-0.2, -0.15) is 0 Å². The van der Waals surface area contributed by atoms with Crippen molar-refractivity contribution in [1.82, 2.24) is 10.2 Å². The molecule has 0 aromatic heterocycles. The lowest BCUT2D eigenvalue weighted by Gasteiger charge is -2.35. The lowest BCUT2D eigenvalue weighted by molar-refractivity contribution is -0.153. The molecule has 5 nitrogen and oxygen atoms in total. The van der Waals surface area contributed by atoms with Crippen molar-refractivity contribution in [2.45, 2.75) is 77.0 Å². The summed E-state index contributed by atoms with van der Waals surface area (Å²) in [7, 11) is 1.95. The molecule has 0 bridgehead atoms. The molecule has 1 fully saturated rings. The smallest absolute Gasteiger partial charge is 0.320 e. The number of hydrogen-bond donors (Lipinski definition) is 1. The number of amides is 1. The van der Waals surface area contributed by atoms with Crippen molar-refractivity contribution < 1.29 is 14.3 Å². The van der Waals surface area contributed by atoms with E-state index in [2.05, 4.69) is 29.6 Å². The van der Waals surface area contributed by atoms with Crippen molar-refractivity contribution in [2.75, 3.05) is 13.6 Å². The van der Waals surface area contributed by atoms with Gasteiger partial charge in [0.15, 0.2) is 0 Å². The minimum Gasteiger partial charge on any atom is -0.459 e. The van der Waals surface area contributed by atoms with Gasteiger partial charge < -0.3 is 15.0 Å². The Kier molecular flexibility index (Phi) is 9.67. The van der Waals surface area contributed by atoms with Crippen molar-refractivity contribution >= 4 is 18.0 Å². The van der Waals surface area contributed by atoms with E-state index in [1.807, 2.05) is 75.2 Å². The Balaban J connectivity index is 1.40. The van der Waals surface area contributed by atoms with Crippen molar-refractivity contribution in [3.63, 3.8) is 0 Å². The molecule has 1 N–H and O–H groups in total. The summed E-state index contributed by atoms with van der Waals surface area (Å²) in [6.45, 7) is 6.46. The van der Waals surface area contributed by atoms with E-state index in [0.717, 1.165) is 36.8 Å². The Morgan fingerprint density at radius 3 is 2.29 bits per heavy atom. The molecular weight excluding hydrogens is 436 g/mol. The van der Waals surface area contributed by atoms with Gasteiger partial charge >= 0.3 is 5.97 Å². The van der Waals surface area contributed by atoms with E-state index in [1.165, 1.54) is 5.56 Å². The summed E-state index contributed by atoms with van der Waals surface area (Å²) in [5.41, 5.74) is 3.17. The molecule has 0 atom stereocenters. The first kappa shape index (κ1) is 26.7. The van der Waals surface area contributed by atoms with Crippen LogP contribution in [0.15, 0.2) is 60.7 Å². The van der Waals surface area contributed by atoms with Crippen molar-refractivity contribution in [3.05, 3.63) is 77.4 Å². The third-order valence-electron chi connectivity index (χ3n) is 6.51. The Labute approximate surface area is 210 Å². The van der Waals surface area contributed by atoms with Crippen LogP contribution < -0.4 is 5.32 Å². The van der Waals surface area contributed by atoms with Crippen LogP contribution in [0, 0.1) is 0 Å². The quantitative estimate of drug-likeness (QED) is 0.471. The minimum absolute atomic E-state index is 0.184. The van der Waals surface area contributed by atoms with Gasteiger partial charge in [0, 0.05) is 26.1 Å². The van der Waals surface area contributed by atoms with Crippen molar-refractivity contribution in [2.24, 2.45) is 0 Å². The molecule has 1 aliphatic rings. The molecule has 0 spiro atoms. The molecule has 0 aliphatic heterocycles. The summed E-state index contributed by atoms with van der Waals surface area (Å²) < 4.78 is 5.32. The summed E-state index contributed by atoms with van der Waals surface area (Å²) >= 11 is 0. The number of benzene rings is 2. The Morgan fingerprint density at radius 2 is 1.66 bits per heavy atom. The van der Waals surface area contributed by atoms with E-state index in [4.69, 9.17) is 4.74 Å². The van der Waals surface area contributed by atoms with Gasteiger partial charge in [0.25, 0.3) is 0 Å². The molecule has 0 unspecified atom stereocenters. The number of carbonyl (C=O) groups is 2. The van der Waals surface area contributed by atoms with Gasteiger partial charge in [-0.3, -0.25) is 9.59 Å². The second-order valence-electron chi connectivity index (χ2n) is 10.5. The highest BCUT2D eigenvalue weighted by atomic mass is 16.6. The van der Waals surface area contributed by atoms with E-state index in [0.29, 0.717) is 24.9 Å². The number of esters is 1. The SMILES string of the molecule is CN(C(=O)CC=Cc1ccccc1)C1CCC(c2ccc(CNCC(=O)OC(C)(C)C)cc2)CC1. The summed E-state index contributed by atoms with van der Waals surface area (Å²) in [5.74, 6) is 0.488. The topological polar surface area (TPSA) is 58.6 Å². The van der Waals surface area contributed by atoms with Crippen LogP contribution in [0.1, 0.15) is 75.5 Å². The number of rotatable bonds is 9. The number of carbonyl (C=O) groups excluding carboxylic acids is 2. The van der Waals surface area contributed by atoms with Crippen LogP contribution in [0.5, 0.6) is 0 Å². The first-order chi connectivity index (χ1) is 16.7. The predicted molar refractivity (Wildman–Crippen MR) is 142 cm³/mol. The predicted octanol–water partition coefficient (Wildman–Crippen LogP) is 5.71. The first-order valence-electron chi connectivity index (χ1n) is 12.7. The number of nitrogens with one attached hydrogen (secondary N) is 1. The Morgan fingerprint density at radius 1 is 1.00 bits per heavy atom. The zero-order chi connectivity index (χ0) is 25.3. The second kappa shape index (κ2) is 12.7. The van der Waals surface area contributed by atoms with Gasteiger partial charge in [-0.15, -0.1) is 0 Å². The van der Waals surface area contributed by atoms with Crippen LogP contribution in [0.3, 0.4) is 0 Å². The largest absolute Gasteiger partial charge is 0.459 e. The maximum absolute atomic E-state index is 12.7. The van der Waals surface area contributed by atoms with Gasteiger partial charge in [0.05, 0.1) is 6.54 Å². The molecule has 5 heteroatoms. The normalized spacial score (nSPS) is 18.4. The van der Waals surface area contributed by atoms with Gasteiger partial charge in [0.1, 0.15) is 5.60 Å². The third-order valence-corrected chi connectivity index (χ3v) is 6.51. The summed E-state index contributed by atoms with van der Waals surface area (Å²) in [4.78, 5) is 26.4. The fourth-order valence-electron chi connectivity index (χ4n) is 4.60. The zero-order valence-electron chi connectivity index (χ0n) is 21.6. The monoisotopic (exact) mass is 476 g/mol. The maximum Gasteiger partial charge on any atom is 0.320 e. The van der Waals surface area contributed by atoms with E-state index < -0.39 is 5.60 Å². The van der Waals surface area contributed by atoms with Crippen LogP contribution in [0.4, 0.5) is 0 Å². The lowest BCUT2D eigenvalue weighted by atomic mass is 9.81. The number of nitrogens with zero attached hydrogens (tertiary/aromatic N) is 1. The molecule has 1 amide bonds. The fourth-order valence-corrected chi connectivity index (χ4v) is 4.60. The average molecular weight is 477 g/mol. The van der Waals surface area contributed by atoms with E-state index in [9.17, 15) is 9.59 Å². The summed E-state index contributed by atoms with van der Waals surface area (Å²) in [6, 6.07) is 19.1. The highest BCUT2D eigenvalue weighted by Crippen LogP contribution is 2.34. The Hall–Kier alpha value is -2.92. The molecule has 35 heavy (non-hydrogen) atoms. The Bertz CT molecular complexity index is 969. The maximum atomic E-state index is 12.7. The number of hydrogen-bond acceptors (Lipinski definition) is 4. The second-order valence-corrected chi connectivity index (χ2v) is 10.5. The fraction of sp³-hybridized carbons (Fsp3) is 0.467. The molecule has 1 saturated carbocycles. The van der Waals surface area contributed by atoms with E-state index in [1.54, 1.807) is 0 Å². The molecule has 2 aromatic rings. The molecule has 3 rings (SSSR count). The van der Waals surface area contributed by atoms with Gasteiger partial charge in [-0.25, -0.2) is 0 Å². The van der Waals surface area contributed by atoms with Crippen LogP contribution in [-0.2, 0) is 20.9 Å². The molecule has 0 heterocycles. The van der Waals surface area contributed by atoms with Crippen LogP contribution in [-0.4, -0.2) is 42.0 Å². The van der Waals surface area contributed by atoms with E-state index >= 15 is 0 Å². The zero-order valence-corrected chi connectivity index (χ0v) is 21.6. The van der Waals surface area contributed by atoms with Gasteiger partial charge in [0.2, 0.25) is 5.91 Å². The van der Waals surface area contributed by atoms with Crippen LogP contribution in [0.2, 0.25) is 0 Å². The lowest BCUT2D eigenvalue weighted by Crippen LogP contribution is -2.38. The molecule has 0 radical (unpaired) electrons. The van der Waals surface area contributed by atoms with Crippen LogP contribution in [0.25, 0.3) is 6.08 Å². The van der Waals surface area contributed by atoms with E-state index in [-0.39, 0.29) is 18.4 Å². The third kappa shape index (κ3) is 8.99. The van der Waals surface area contributed by atoms with Gasteiger partial charge in [-0.05, 0) is 69.1 Å². The minimum atomic E-state index is -0.457. The molecule has 2 aromatic carbocycles. The molecule has 188 valence electrons. The standard InChI is InChI=1S/C30H40N2O3/c1-30(2,3)35-29(34)22-31-21-24-13-15-25(16-14-24)26-17-19-27(20-18-26)32(4)28(33)12-8-11-23-9-6-5-7-10-23/h5-11,13-16,26-27,31H,12,17-22H2,1-4H3. The van der Waals surface area contributed by atoms with Crippen LogP contribution >= 0.6 is 0 Å². The first-order valence-corrected chi connectivity index (χ1v) is 12.7. The van der Waals surface area contributed by atoms with Crippen molar-refractivity contribution in [1.29, 1.82) is 0 Å². The molecular formula is C30H40N2O3. The van der Waals surface area contributed by atoms with Gasteiger partial charge in [-0.1, -0.05) is 66.7 Å². The highest BCUT2D eigenvalue weighted by molar-refractivity contribution is 5.78. The molecule has 0 saturated heterocycles. The highest BCUT2D eigenvalue weighted by Gasteiger charge is 2.26. The van der Waals surface area contributed by atoms with Crippen molar-refractivity contribution in [3.8, 4) is 0 Å². The molecule has 1 aliphatic carbocycles. The average Bonchev–Trinajstić information content (AvgIpc) is 2.83. The summed E-state index contributed by atoms with van der Waals surface area (Å²) in [6.07, 6.45) is 8.68. The number of ether oxygens (including phenoxy) is 1. The summed E-state index contributed by atoms with van der Waals surface area (Å²) in [5, 5.41) is 3.16.